The molecule has 1 unspecified atom stereocenters. The van der Waals surface area contributed by atoms with Crippen molar-refractivity contribution in [2.45, 2.75) is 31.5 Å². The first-order valence-electron chi connectivity index (χ1n) is 7.99. The van der Waals surface area contributed by atoms with Crippen LogP contribution in [-0.2, 0) is 17.5 Å². The lowest BCUT2D eigenvalue weighted by molar-refractivity contribution is -0.137. The number of aliphatic hydroxyl groups is 1. The summed E-state index contributed by atoms with van der Waals surface area (Å²) >= 11 is 0. The van der Waals surface area contributed by atoms with Gasteiger partial charge in [-0.05, 0) is 35.6 Å². The molecule has 0 radical (unpaired) electrons. The van der Waals surface area contributed by atoms with E-state index in [1.165, 1.54) is 12.1 Å². The van der Waals surface area contributed by atoms with Crippen LogP contribution in [0.3, 0.4) is 0 Å². The summed E-state index contributed by atoms with van der Waals surface area (Å²) in [5.74, 6) is -0.537. The molecule has 0 aromatic heterocycles. The van der Waals surface area contributed by atoms with Gasteiger partial charge in [-0.15, -0.1) is 0 Å². The van der Waals surface area contributed by atoms with E-state index in [9.17, 15) is 23.1 Å². The fourth-order valence-electron chi connectivity index (χ4n) is 2.58. The zero-order valence-electron chi connectivity index (χ0n) is 13.6. The van der Waals surface area contributed by atoms with E-state index in [-0.39, 0.29) is 24.9 Å². The van der Waals surface area contributed by atoms with Gasteiger partial charge in [-0.2, -0.15) is 13.2 Å². The van der Waals surface area contributed by atoms with Gasteiger partial charge in [-0.3, -0.25) is 4.79 Å². The van der Waals surface area contributed by atoms with E-state index in [1.54, 1.807) is 0 Å². The molecule has 1 atom stereocenters. The smallest absolute Gasteiger partial charge is 0.396 e. The van der Waals surface area contributed by atoms with E-state index in [1.807, 2.05) is 30.3 Å². The number of nitrogens with one attached hydrogen (secondary N) is 1. The van der Waals surface area contributed by atoms with E-state index < -0.39 is 11.7 Å². The monoisotopic (exact) mass is 351 g/mol. The Morgan fingerprint density at radius 2 is 1.68 bits per heavy atom. The van der Waals surface area contributed by atoms with Crippen LogP contribution in [-0.4, -0.2) is 17.6 Å². The molecule has 3 nitrogen and oxygen atoms in total. The molecule has 0 saturated heterocycles. The highest BCUT2D eigenvalue weighted by Gasteiger charge is 2.30. The Labute approximate surface area is 144 Å². The Morgan fingerprint density at radius 1 is 1.04 bits per heavy atom. The van der Waals surface area contributed by atoms with Crippen LogP contribution in [0.1, 0.15) is 35.4 Å². The van der Waals surface area contributed by atoms with Gasteiger partial charge in [0.2, 0.25) is 5.91 Å². The second-order valence-electron chi connectivity index (χ2n) is 5.80. The van der Waals surface area contributed by atoms with Gasteiger partial charge < -0.3 is 10.4 Å². The van der Waals surface area contributed by atoms with Crippen molar-refractivity contribution in [1.82, 2.24) is 5.32 Å². The SMILES string of the molecule is O=C(CC(CCO)c1ccc(C(F)(F)F)cc1)NCc1ccccc1. The van der Waals surface area contributed by atoms with Crippen LogP contribution < -0.4 is 5.32 Å². The number of benzene rings is 2. The minimum absolute atomic E-state index is 0.110. The first-order valence-corrected chi connectivity index (χ1v) is 7.99. The lowest BCUT2D eigenvalue weighted by Gasteiger charge is -2.17. The molecule has 2 aromatic carbocycles. The zero-order chi connectivity index (χ0) is 18.3. The van der Waals surface area contributed by atoms with Gasteiger partial charge in [0.05, 0.1) is 5.56 Å². The summed E-state index contributed by atoms with van der Waals surface area (Å²) in [6.45, 7) is 0.246. The largest absolute Gasteiger partial charge is 0.416 e. The topological polar surface area (TPSA) is 49.3 Å². The molecule has 0 heterocycles. The average molecular weight is 351 g/mol. The molecule has 25 heavy (non-hydrogen) atoms. The summed E-state index contributed by atoms with van der Waals surface area (Å²) in [4.78, 5) is 12.1. The second kappa shape index (κ2) is 8.67. The van der Waals surface area contributed by atoms with Crippen molar-refractivity contribution >= 4 is 5.91 Å². The fraction of sp³-hybridized carbons (Fsp3) is 0.316. The van der Waals surface area contributed by atoms with Crippen LogP contribution in [0.15, 0.2) is 54.6 Å². The van der Waals surface area contributed by atoms with Crippen LogP contribution >= 0.6 is 0 Å². The summed E-state index contributed by atoms with van der Waals surface area (Å²) in [6, 6.07) is 14.1. The first kappa shape index (κ1) is 19.0. The molecule has 0 saturated carbocycles. The van der Waals surface area contributed by atoms with Crippen molar-refractivity contribution in [2.75, 3.05) is 6.61 Å². The van der Waals surface area contributed by atoms with Crippen LogP contribution in [0.2, 0.25) is 0 Å². The number of rotatable bonds is 7. The maximum Gasteiger partial charge on any atom is 0.416 e. The Kier molecular flexibility index (Phi) is 6.58. The summed E-state index contributed by atoms with van der Waals surface area (Å²) in [5, 5.41) is 12.0. The highest BCUT2D eigenvalue weighted by atomic mass is 19.4. The fourth-order valence-corrected chi connectivity index (χ4v) is 2.58. The van der Waals surface area contributed by atoms with E-state index >= 15 is 0 Å². The summed E-state index contributed by atoms with van der Waals surface area (Å²) in [5.41, 5.74) is 0.841. The van der Waals surface area contributed by atoms with Crippen molar-refractivity contribution in [3.8, 4) is 0 Å². The Hall–Kier alpha value is -2.34. The molecule has 0 spiro atoms. The highest BCUT2D eigenvalue weighted by Crippen LogP contribution is 2.31. The van der Waals surface area contributed by atoms with E-state index in [0.717, 1.165) is 17.7 Å². The number of carbonyl (C=O) groups excluding carboxylic acids is 1. The molecule has 0 bridgehead atoms. The Bertz CT molecular complexity index is 669. The van der Waals surface area contributed by atoms with Crippen LogP contribution in [0, 0.1) is 0 Å². The van der Waals surface area contributed by atoms with E-state index in [0.29, 0.717) is 18.5 Å². The Morgan fingerprint density at radius 3 is 2.24 bits per heavy atom. The highest BCUT2D eigenvalue weighted by molar-refractivity contribution is 5.76. The quantitative estimate of drug-likeness (QED) is 0.795. The van der Waals surface area contributed by atoms with Gasteiger partial charge in [-0.25, -0.2) is 0 Å². The molecule has 0 fully saturated rings. The van der Waals surface area contributed by atoms with Gasteiger partial charge in [0.25, 0.3) is 0 Å². The molecule has 0 aliphatic rings. The zero-order valence-corrected chi connectivity index (χ0v) is 13.6. The number of carbonyl (C=O) groups is 1. The third-order valence-electron chi connectivity index (χ3n) is 3.95. The number of amides is 1. The van der Waals surface area contributed by atoms with Crippen molar-refractivity contribution < 1.29 is 23.1 Å². The maximum atomic E-state index is 12.6. The second-order valence-corrected chi connectivity index (χ2v) is 5.80. The van der Waals surface area contributed by atoms with E-state index in [4.69, 9.17) is 0 Å². The number of halogens is 3. The number of hydrogen-bond donors (Lipinski definition) is 2. The van der Waals surface area contributed by atoms with Gasteiger partial charge in [0.1, 0.15) is 0 Å². The average Bonchev–Trinajstić information content (AvgIpc) is 2.60. The van der Waals surface area contributed by atoms with Crippen molar-refractivity contribution in [3.63, 3.8) is 0 Å². The van der Waals surface area contributed by atoms with Gasteiger partial charge in [0, 0.05) is 19.6 Å². The normalized spacial score (nSPS) is 12.6. The number of hydrogen-bond acceptors (Lipinski definition) is 2. The molecule has 1 amide bonds. The van der Waals surface area contributed by atoms with Crippen molar-refractivity contribution in [1.29, 1.82) is 0 Å². The number of aliphatic hydroxyl groups excluding tert-OH is 1. The van der Waals surface area contributed by atoms with E-state index in [2.05, 4.69) is 5.32 Å². The minimum atomic E-state index is -4.39. The summed E-state index contributed by atoms with van der Waals surface area (Å²) < 4.78 is 37.9. The van der Waals surface area contributed by atoms with Crippen molar-refractivity contribution in [3.05, 3.63) is 71.3 Å². The third-order valence-corrected chi connectivity index (χ3v) is 3.95. The molecular weight excluding hydrogens is 331 g/mol. The molecule has 0 aliphatic carbocycles. The molecule has 2 rings (SSSR count). The van der Waals surface area contributed by atoms with Crippen molar-refractivity contribution in [2.24, 2.45) is 0 Å². The van der Waals surface area contributed by atoms with Crippen LogP contribution in [0.5, 0.6) is 0 Å². The lowest BCUT2D eigenvalue weighted by Crippen LogP contribution is -2.25. The first-order chi connectivity index (χ1) is 11.9. The predicted molar refractivity (Wildman–Crippen MR) is 88.8 cm³/mol. The van der Waals surface area contributed by atoms with Gasteiger partial charge in [-0.1, -0.05) is 42.5 Å². The predicted octanol–water partition coefficient (Wildman–Crippen LogP) is 3.88. The van der Waals surface area contributed by atoms with Gasteiger partial charge in [0.15, 0.2) is 0 Å². The number of alkyl halides is 3. The maximum absolute atomic E-state index is 12.6. The molecular formula is C19H20F3NO2. The van der Waals surface area contributed by atoms with Gasteiger partial charge >= 0.3 is 6.18 Å². The molecule has 2 aromatic rings. The standard InChI is InChI=1S/C19H20F3NO2/c20-19(21,22)17-8-6-15(7-9-17)16(10-11-24)12-18(25)23-13-14-4-2-1-3-5-14/h1-9,16,24H,10-13H2,(H,23,25). The summed E-state index contributed by atoms with van der Waals surface area (Å²) in [6.07, 6.45) is -3.97. The molecule has 2 N–H and O–H groups in total. The minimum Gasteiger partial charge on any atom is -0.396 e. The third kappa shape index (κ3) is 5.90. The molecule has 134 valence electrons. The molecule has 6 heteroatoms. The van der Waals surface area contributed by atoms with Crippen LogP contribution in [0.4, 0.5) is 13.2 Å². The molecule has 0 aliphatic heterocycles. The van der Waals surface area contributed by atoms with Crippen LogP contribution in [0.25, 0.3) is 0 Å². The lowest BCUT2D eigenvalue weighted by atomic mass is 9.91. The Balaban J connectivity index is 1.98. The summed E-state index contributed by atoms with van der Waals surface area (Å²) in [7, 11) is 0.